The highest BCUT2D eigenvalue weighted by atomic mass is 35.5. The highest BCUT2D eigenvalue weighted by Gasteiger charge is 2.33. The predicted octanol–water partition coefficient (Wildman–Crippen LogP) is 5.31. The van der Waals surface area contributed by atoms with Crippen LogP contribution in [0.4, 0.5) is 4.79 Å². The first kappa shape index (κ1) is 16.2. The zero-order valence-corrected chi connectivity index (χ0v) is 14.3. The molecule has 118 valence electrons. The van der Waals surface area contributed by atoms with Gasteiger partial charge in [0.1, 0.15) is 11.5 Å². The summed E-state index contributed by atoms with van der Waals surface area (Å²) in [4.78, 5) is 25.3. The Kier molecular flexibility index (Phi) is 4.53. The second kappa shape index (κ2) is 6.43. The van der Waals surface area contributed by atoms with Crippen LogP contribution in [0.5, 0.6) is 0 Å². The van der Waals surface area contributed by atoms with E-state index in [0.29, 0.717) is 38.6 Å². The number of carbonyl (C=O) groups is 2. The van der Waals surface area contributed by atoms with Crippen molar-refractivity contribution in [2.24, 2.45) is 0 Å². The molecule has 2 amide bonds. The van der Waals surface area contributed by atoms with Gasteiger partial charge in [-0.1, -0.05) is 23.2 Å². The molecule has 0 radical (unpaired) electrons. The molecule has 0 unspecified atom stereocenters. The molecule has 2 heterocycles. The van der Waals surface area contributed by atoms with Crippen molar-refractivity contribution in [3.8, 4) is 11.3 Å². The first-order chi connectivity index (χ1) is 11.0. The van der Waals surface area contributed by atoms with Gasteiger partial charge in [-0.15, -0.1) is 0 Å². The van der Waals surface area contributed by atoms with E-state index in [2.05, 4.69) is 0 Å². The van der Waals surface area contributed by atoms with Gasteiger partial charge in [-0.25, -0.2) is 0 Å². The van der Waals surface area contributed by atoms with Gasteiger partial charge >= 0.3 is 0 Å². The number of furan rings is 1. The maximum Gasteiger partial charge on any atom is 0.293 e. The summed E-state index contributed by atoms with van der Waals surface area (Å²) < 4.78 is 5.71. The lowest BCUT2D eigenvalue weighted by Gasteiger charge is -2.06. The monoisotopic (exact) mass is 367 g/mol. The lowest BCUT2D eigenvalue weighted by Crippen LogP contribution is -2.27. The van der Waals surface area contributed by atoms with Crippen molar-refractivity contribution in [2.75, 3.05) is 6.54 Å². The van der Waals surface area contributed by atoms with Gasteiger partial charge in [-0.2, -0.15) is 0 Å². The van der Waals surface area contributed by atoms with E-state index in [-0.39, 0.29) is 11.1 Å². The largest absolute Gasteiger partial charge is 0.457 e. The number of likely N-dealkylation sites (N-methyl/N-ethyl adjacent to an activating group) is 1. The standard InChI is InChI=1S/C16H11Cl2NO3S/c1-2-19-15(20)14(23-16(19)21)8-10-4-6-13(22-10)11-7-9(17)3-5-12(11)18/h3-8H,2H2,1H3. The van der Waals surface area contributed by atoms with Crippen molar-refractivity contribution in [1.82, 2.24) is 4.90 Å². The van der Waals surface area contributed by atoms with E-state index in [1.165, 1.54) is 4.90 Å². The zero-order chi connectivity index (χ0) is 16.6. The topological polar surface area (TPSA) is 50.5 Å². The van der Waals surface area contributed by atoms with E-state index in [0.717, 1.165) is 11.8 Å². The number of rotatable bonds is 3. The molecule has 0 aliphatic carbocycles. The molecule has 1 aliphatic rings. The maximum absolute atomic E-state index is 12.1. The second-order valence-corrected chi connectivity index (χ2v) is 6.59. The predicted molar refractivity (Wildman–Crippen MR) is 92.5 cm³/mol. The molecule has 0 atom stereocenters. The lowest BCUT2D eigenvalue weighted by atomic mass is 10.2. The van der Waals surface area contributed by atoms with Gasteiger partial charge in [-0.05, 0) is 49.0 Å². The number of benzene rings is 1. The Balaban J connectivity index is 1.91. The van der Waals surface area contributed by atoms with Crippen LogP contribution >= 0.6 is 35.0 Å². The summed E-state index contributed by atoms with van der Waals surface area (Å²) in [5.41, 5.74) is 0.667. The van der Waals surface area contributed by atoms with Crippen LogP contribution in [-0.4, -0.2) is 22.6 Å². The van der Waals surface area contributed by atoms with Crippen molar-refractivity contribution in [3.63, 3.8) is 0 Å². The Morgan fingerprint density at radius 2 is 2.00 bits per heavy atom. The van der Waals surface area contributed by atoms with Crippen LogP contribution < -0.4 is 0 Å². The molecule has 1 fully saturated rings. The third-order valence-corrected chi connectivity index (χ3v) is 4.76. The summed E-state index contributed by atoms with van der Waals surface area (Å²) >= 11 is 13.0. The number of hydrogen-bond donors (Lipinski definition) is 0. The molecule has 0 bridgehead atoms. The number of hydrogen-bond acceptors (Lipinski definition) is 4. The van der Waals surface area contributed by atoms with Gasteiger partial charge in [0.15, 0.2) is 0 Å². The van der Waals surface area contributed by atoms with Crippen LogP contribution in [-0.2, 0) is 4.79 Å². The van der Waals surface area contributed by atoms with Crippen molar-refractivity contribution in [3.05, 3.63) is 51.0 Å². The molecule has 0 spiro atoms. The van der Waals surface area contributed by atoms with Gasteiger partial charge in [0.2, 0.25) is 0 Å². The van der Waals surface area contributed by atoms with Gasteiger partial charge in [-0.3, -0.25) is 14.5 Å². The summed E-state index contributed by atoms with van der Waals surface area (Å²) in [5.74, 6) is 0.706. The molecule has 7 heteroatoms. The van der Waals surface area contributed by atoms with Crippen molar-refractivity contribution >= 4 is 52.2 Å². The number of nitrogens with zero attached hydrogens (tertiary/aromatic N) is 1. The second-order valence-electron chi connectivity index (χ2n) is 4.75. The molecule has 1 aromatic heterocycles. The average Bonchev–Trinajstić information content (AvgIpc) is 3.07. The molecule has 0 N–H and O–H groups in total. The highest BCUT2D eigenvalue weighted by molar-refractivity contribution is 8.18. The molecule has 4 nitrogen and oxygen atoms in total. The van der Waals surface area contributed by atoms with Crippen molar-refractivity contribution in [2.45, 2.75) is 6.92 Å². The van der Waals surface area contributed by atoms with E-state index in [4.69, 9.17) is 27.6 Å². The summed E-state index contributed by atoms with van der Waals surface area (Å²) in [7, 11) is 0. The van der Waals surface area contributed by atoms with E-state index in [1.807, 2.05) is 0 Å². The number of carbonyl (C=O) groups excluding carboxylic acids is 2. The quantitative estimate of drug-likeness (QED) is 0.689. The van der Waals surface area contributed by atoms with Crippen LogP contribution in [0.2, 0.25) is 10.0 Å². The Hall–Kier alpha value is -1.69. The van der Waals surface area contributed by atoms with Crippen LogP contribution in [0.25, 0.3) is 17.4 Å². The van der Waals surface area contributed by atoms with Gasteiger partial charge in [0.05, 0.1) is 9.93 Å². The fourth-order valence-corrected chi connectivity index (χ4v) is 3.43. The van der Waals surface area contributed by atoms with Crippen molar-refractivity contribution in [1.29, 1.82) is 0 Å². The Bertz CT molecular complexity index is 828. The number of imide groups is 1. The van der Waals surface area contributed by atoms with Gasteiger partial charge in [0.25, 0.3) is 11.1 Å². The fraction of sp³-hybridized carbons (Fsp3) is 0.125. The van der Waals surface area contributed by atoms with Crippen LogP contribution in [0, 0.1) is 0 Å². The molecular weight excluding hydrogens is 357 g/mol. The molecule has 1 aliphatic heterocycles. The third kappa shape index (κ3) is 3.17. The van der Waals surface area contributed by atoms with E-state index < -0.39 is 0 Å². The minimum Gasteiger partial charge on any atom is -0.457 e. The first-order valence-electron chi connectivity index (χ1n) is 6.80. The van der Waals surface area contributed by atoms with Crippen molar-refractivity contribution < 1.29 is 14.0 Å². The highest BCUT2D eigenvalue weighted by Crippen LogP contribution is 2.35. The molecule has 3 rings (SSSR count). The fourth-order valence-electron chi connectivity index (χ4n) is 2.16. The summed E-state index contributed by atoms with van der Waals surface area (Å²) in [5, 5.41) is 0.793. The lowest BCUT2D eigenvalue weighted by molar-refractivity contribution is -0.122. The molecule has 23 heavy (non-hydrogen) atoms. The summed E-state index contributed by atoms with van der Waals surface area (Å²) in [6.07, 6.45) is 1.56. The number of thioether (sulfide) groups is 1. The van der Waals surface area contributed by atoms with Gasteiger partial charge in [0, 0.05) is 23.2 Å². The Labute approximate surface area is 147 Å². The summed E-state index contributed by atoms with van der Waals surface area (Å²) in [6, 6.07) is 8.55. The van der Waals surface area contributed by atoms with Crippen LogP contribution in [0.15, 0.2) is 39.7 Å². The molecule has 2 aromatic rings. The average molecular weight is 368 g/mol. The normalized spacial score (nSPS) is 16.7. The molecule has 1 saturated heterocycles. The number of halogens is 2. The smallest absolute Gasteiger partial charge is 0.293 e. The van der Waals surface area contributed by atoms with E-state index >= 15 is 0 Å². The molecule has 1 aromatic carbocycles. The zero-order valence-electron chi connectivity index (χ0n) is 12.0. The molecular formula is C16H11Cl2NO3S. The SMILES string of the molecule is CCN1C(=O)SC(=Cc2ccc(-c3cc(Cl)ccc3Cl)o2)C1=O. The first-order valence-corrected chi connectivity index (χ1v) is 8.37. The minimum atomic E-state index is -0.304. The van der Waals surface area contributed by atoms with E-state index in [1.54, 1.807) is 43.3 Å². The third-order valence-electron chi connectivity index (χ3n) is 3.28. The molecule has 0 saturated carbocycles. The minimum absolute atomic E-state index is 0.270. The van der Waals surface area contributed by atoms with Gasteiger partial charge < -0.3 is 4.42 Å². The van der Waals surface area contributed by atoms with E-state index in [9.17, 15) is 9.59 Å². The van der Waals surface area contributed by atoms with Crippen LogP contribution in [0.3, 0.4) is 0 Å². The maximum atomic E-state index is 12.1. The Morgan fingerprint density at radius 3 is 2.70 bits per heavy atom. The van der Waals surface area contributed by atoms with Crippen LogP contribution in [0.1, 0.15) is 12.7 Å². The Morgan fingerprint density at radius 1 is 1.22 bits per heavy atom. The number of amides is 2. The summed E-state index contributed by atoms with van der Waals surface area (Å²) in [6.45, 7) is 2.11.